The second-order valence-corrected chi connectivity index (χ2v) is 5.30. The highest BCUT2D eigenvalue weighted by Crippen LogP contribution is 2.14. The van der Waals surface area contributed by atoms with Crippen molar-refractivity contribution in [3.05, 3.63) is 45.9 Å². The molecule has 2 aromatic rings. The average Bonchev–Trinajstić information content (AvgIpc) is 2.71. The van der Waals surface area contributed by atoms with Crippen LogP contribution in [0.1, 0.15) is 10.4 Å². The first-order valence-electron chi connectivity index (χ1n) is 5.39. The van der Waals surface area contributed by atoms with Gasteiger partial charge in [0, 0.05) is 22.6 Å². The Morgan fingerprint density at radius 2 is 2.22 bits per heavy atom. The Balaban J connectivity index is 0.00000162. The fourth-order valence-corrected chi connectivity index (χ4v) is 2.41. The van der Waals surface area contributed by atoms with Gasteiger partial charge in [-0.15, -0.1) is 23.7 Å². The first-order valence-corrected chi connectivity index (χ1v) is 6.59. The summed E-state index contributed by atoms with van der Waals surface area (Å²) in [7, 11) is 0. The summed E-state index contributed by atoms with van der Waals surface area (Å²) in [6.45, 7) is 1.73. The number of rotatable bonds is 5. The van der Waals surface area contributed by atoms with E-state index in [1.165, 1.54) is 16.9 Å². The third kappa shape index (κ3) is 4.82. The Hall–Kier alpha value is -0.810. The third-order valence-corrected chi connectivity index (χ3v) is 3.41. The number of hydrogen-bond donors (Lipinski definition) is 2. The lowest BCUT2D eigenvalue weighted by Crippen LogP contribution is -2.15. The molecule has 0 saturated carbocycles. The highest BCUT2D eigenvalue weighted by Gasteiger charge is 1.98. The molecule has 0 aliphatic rings. The standard InChI is InChI=1S/C12H14ClN3S.ClH/c13-10-3-1-2-9(6-10)4-5-15-7-11-8-16-12(14)17-11;/h1-3,6,8,15H,4-5,7H2,(H2,14,16);1H. The predicted octanol–water partition coefficient (Wildman–Crippen LogP) is 3.13. The van der Waals surface area contributed by atoms with E-state index in [1.54, 1.807) is 0 Å². The fraction of sp³-hybridized carbons (Fsp3) is 0.250. The van der Waals surface area contributed by atoms with Gasteiger partial charge in [-0.1, -0.05) is 23.7 Å². The van der Waals surface area contributed by atoms with Gasteiger partial charge < -0.3 is 11.1 Å². The minimum absolute atomic E-state index is 0. The molecule has 18 heavy (non-hydrogen) atoms. The van der Waals surface area contributed by atoms with Crippen LogP contribution in [0.4, 0.5) is 5.13 Å². The van der Waals surface area contributed by atoms with Crippen molar-refractivity contribution in [2.75, 3.05) is 12.3 Å². The van der Waals surface area contributed by atoms with E-state index < -0.39 is 0 Å². The molecule has 0 bridgehead atoms. The van der Waals surface area contributed by atoms with Crippen LogP contribution >= 0.6 is 35.3 Å². The smallest absolute Gasteiger partial charge is 0.180 e. The van der Waals surface area contributed by atoms with E-state index >= 15 is 0 Å². The lowest BCUT2D eigenvalue weighted by atomic mass is 10.1. The van der Waals surface area contributed by atoms with Gasteiger partial charge in [0.05, 0.1) is 0 Å². The molecule has 0 fully saturated rings. The van der Waals surface area contributed by atoms with Crippen molar-refractivity contribution in [3.63, 3.8) is 0 Å². The van der Waals surface area contributed by atoms with Gasteiger partial charge in [0.25, 0.3) is 0 Å². The normalized spacial score (nSPS) is 10.1. The van der Waals surface area contributed by atoms with E-state index in [2.05, 4.69) is 16.4 Å². The van der Waals surface area contributed by atoms with Crippen molar-refractivity contribution in [3.8, 4) is 0 Å². The molecule has 0 radical (unpaired) electrons. The van der Waals surface area contributed by atoms with E-state index in [-0.39, 0.29) is 12.4 Å². The van der Waals surface area contributed by atoms with Crippen LogP contribution < -0.4 is 11.1 Å². The van der Waals surface area contributed by atoms with Gasteiger partial charge in [0.2, 0.25) is 0 Å². The van der Waals surface area contributed by atoms with Crippen LogP contribution in [-0.2, 0) is 13.0 Å². The number of aromatic nitrogens is 1. The maximum atomic E-state index is 5.92. The molecular formula is C12H15Cl2N3S. The zero-order valence-corrected chi connectivity index (χ0v) is 12.1. The lowest BCUT2D eigenvalue weighted by molar-refractivity contribution is 0.693. The summed E-state index contributed by atoms with van der Waals surface area (Å²) < 4.78 is 0. The van der Waals surface area contributed by atoms with Gasteiger partial charge in [-0.05, 0) is 30.7 Å². The minimum Gasteiger partial charge on any atom is -0.375 e. The number of nitrogens with two attached hydrogens (primary N) is 1. The number of hydrogen-bond acceptors (Lipinski definition) is 4. The van der Waals surface area contributed by atoms with Gasteiger partial charge in [0.1, 0.15) is 0 Å². The number of benzene rings is 1. The van der Waals surface area contributed by atoms with Crippen LogP contribution in [0, 0.1) is 0 Å². The minimum atomic E-state index is 0. The fourth-order valence-electron chi connectivity index (χ4n) is 1.54. The lowest BCUT2D eigenvalue weighted by Gasteiger charge is -2.03. The molecule has 0 unspecified atom stereocenters. The van der Waals surface area contributed by atoms with Crippen molar-refractivity contribution in [1.82, 2.24) is 10.3 Å². The Labute approximate surface area is 122 Å². The summed E-state index contributed by atoms with van der Waals surface area (Å²) in [6, 6.07) is 7.94. The summed E-state index contributed by atoms with van der Waals surface area (Å²) in [5.41, 5.74) is 6.80. The Morgan fingerprint density at radius 1 is 1.39 bits per heavy atom. The predicted molar refractivity (Wildman–Crippen MR) is 80.6 cm³/mol. The number of nitrogens with one attached hydrogen (secondary N) is 1. The van der Waals surface area contributed by atoms with Crippen LogP contribution in [0.2, 0.25) is 5.02 Å². The Bertz CT molecular complexity index is 488. The summed E-state index contributed by atoms with van der Waals surface area (Å²) in [4.78, 5) is 5.16. The van der Waals surface area contributed by atoms with Crippen molar-refractivity contribution < 1.29 is 0 Å². The molecule has 2 rings (SSSR count). The van der Waals surface area contributed by atoms with Crippen LogP contribution in [0.15, 0.2) is 30.5 Å². The number of anilines is 1. The third-order valence-electron chi connectivity index (χ3n) is 2.35. The van der Waals surface area contributed by atoms with Gasteiger partial charge in [-0.25, -0.2) is 4.98 Å². The first kappa shape index (κ1) is 15.2. The highest BCUT2D eigenvalue weighted by molar-refractivity contribution is 7.15. The monoisotopic (exact) mass is 303 g/mol. The molecule has 3 N–H and O–H groups in total. The summed E-state index contributed by atoms with van der Waals surface area (Å²) in [5.74, 6) is 0. The Kier molecular flexibility index (Phi) is 6.43. The number of halogens is 2. The molecular weight excluding hydrogens is 289 g/mol. The van der Waals surface area contributed by atoms with E-state index in [1.807, 2.05) is 24.4 Å². The summed E-state index contributed by atoms with van der Waals surface area (Å²) in [5, 5.41) is 4.77. The van der Waals surface area contributed by atoms with Gasteiger partial charge in [-0.2, -0.15) is 0 Å². The summed E-state index contributed by atoms with van der Waals surface area (Å²) >= 11 is 7.43. The second-order valence-electron chi connectivity index (χ2n) is 3.72. The number of nitrogens with zero attached hydrogens (tertiary/aromatic N) is 1. The molecule has 0 aliphatic carbocycles. The molecule has 0 atom stereocenters. The molecule has 0 amide bonds. The van der Waals surface area contributed by atoms with E-state index in [0.29, 0.717) is 5.13 Å². The topological polar surface area (TPSA) is 50.9 Å². The molecule has 6 heteroatoms. The molecule has 0 saturated heterocycles. The number of nitrogen functional groups attached to an aromatic ring is 1. The van der Waals surface area contributed by atoms with Crippen LogP contribution in [0.5, 0.6) is 0 Å². The quantitative estimate of drug-likeness (QED) is 0.834. The molecule has 98 valence electrons. The second kappa shape index (κ2) is 7.59. The Morgan fingerprint density at radius 3 is 2.89 bits per heavy atom. The molecule has 1 aromatic heterocycles. The molecule has 1 aromatic carbocycles. The maximum absolute atomic E-state index is 5.92. The molecule has 3 nitrogen and oxygen atoms in total. The average molecular weight is 304 g/mol. The van der Waals surface area contributed by atoms with Crippen LogP contribution in [0.3, 0.4) is 0 Å². The maximum Gasteiger partial charge on any atom is 0.180 e. The summed E-state index contributed by atoms with van der Waals surface area (Å²) in [6.07, 6.45) is 2.78. The van der Waals surface area contributed by atoms with Gasteiger partial charge in [-0.3, -0.25) is 0 Å². The van der Waals surface area contributed by atoms with Crippen LogP contribution in [0.25, 0.3) is 0 Å². The van der Waals surface area contributed by atoms with Crippen molar-refractivity contribution in [1.29, 1.82) is 0 Å². The largest absolute Gasteiger partial charge is 0.375 e. The number of thiazole rings is 1. The first-order chi connectivity index (χ1) is 8.24. The SMILES string of the molecule is Cl.Nc1ncc(CNCCc2cccc(Cl)c2)s1. The molecule has 0 aliphatic heterocycles. The van der Waals surface area contributed by atoms with Gasteiger partial charge in [0.15, 0.2) is 5.13 Å². The van der Waals surface area contributed by atoms with Crippen molar-refractivity contribution in [2.45, 2.75) is 13.0 Å². The van der Waals surface area contributed by atoms with Gasteiger partial charge >= 0.3 is 0 Å². The van der Waals surface area contributed by atoms with E-state index in [0.717, 1.165) is 29.4 Å². The molecule has 1 heterocycles. The van der Waals surface area contributed by atoms with Crippen molar-refractivity contribution in [2.24, 2.45) is 0 Å². The highest BCUT2D eigenvalue weighted by atomic mass is 35.5. The van der Waals surface area contributed by atoms with Crippen molar-refractivity contribution >= 4 is 40.5 Å². The zero-order chi connectivity index (χ0) is 12.1. The van der Waals surface area contributed by atoms with E-state index in [9.17, 15) is 0 Å². The zero-order valence-electron chi connectivity index (χ0n) is 9.73. The van der Waals surface area contributed by atoms with E-state index in [4.69, 9.17) is 17.3 Å². The van der Waals surface area contributed by atoms with Crippen LogP contribution in [-0.4, -0.2) is 11.5 Å². The molecule has 0 spiro atoms.